The van der Waals surface area contributed by atoms with Crippen molar-refractivity contribution < 1.29 is 22.7 Å². The average Bonchev–Trinajstić information content (AvgIpc) is 2.99. The third-order valence-corrected chi connectivity index (χ3v) is 6.42. The number of anilines is 2. The standard InChI is InChI=1S/C22H21BrF3N3O2/c1-14-21(23)16-4-2-3-5-19(16)29(14)13-20(30)27-18-7-6-15(12-17(18)22(24,25)26)28-8-10-31-11-9-28/h2-7,12H,8-11,13H2,1H3,(H,27,30). The summed E-state index contributed by atoms with van der Waals surface area (Å²) >= 11 is 3.53. The predicted molar refractivity (Wildman–Crippen MR) is 117 cm³/mol. The molecule has 1 aromatic heterocycles. The number of nitrogens with zero attached hydrogens (tertiary/aromatic N) is 2. The number of halogens is 4. The number of para-hydroxylation sites is 1. The van der Waals surface area contributed by atoms with Crippen molar-refractivity contribution in [2.75, 3.05) is 36.5 Å². The van der Waals surface area contributed by atoms with Crippen LogP contribution in [0.5, 0.6) is 0 Å². The van der Waals surface area contributed by atoms with E-state index in [2.05, 4.69) is 21.2 Å². The van der Waals surface area contributed by atoms with E-state index in [-0.39, 0.29) is 12.2 Å². The third kappa shape index (κ3) is 4.43. The minimum Gasteiger partial charge on any atom is -0.378 e. The van der Waals surface area contributed by atoms with Crippen LogP contribution in [0.15, 0.2) is 46.9 Å². The Bertz CT molecular complexity index is 1120. The van der Waals surface area contributed by atoms with Gasteiger partial charge in [0.15, 0.2) is 0 Å². The minimum absolute atomic E-state index is 0.0968. The van der Waals surface area contributed by atoms with Gasteiger partial charge in [-0.3, -0.25) is 4.79 Å². The van der Waals surface area contributed by atoms with Crippen molar-refractivity contribution in [3.05, 3.63) is 58.2 Å². The zero-order valence-corrected chi connectivity index (χ0v) is 18.4. The number of carbonyl (C=O) groups excluding carboxylic acids is 1. The highest BCUT2D eigenvalue weighted by atomic mass is 79.9. The first-order chi connectivity index (χ1) is 14.8. The Morgan fingerprint density at radius 2 is 1.87 bits per heavy atom. The molecule has 1 amide bonds. The summed E-state index contributed by atoms with van der Waals surface area (Å²) in [6, 6.07) is 11.6. The molecule has 0 bridgehead atoms. The van der Waals surface area contributed by atoms with Crippen LogP contribution in [0.1, 0.15) is 11.3 Å². The molecular weight excluding hydrogens is 475 g/mol. The van der Waals surface area contributed by atoms with Gasteiger partial charge in [-0.25, -0.2) is 0 Å². The van der Waals surface area contributed by atoms with E-state index in [4.69, 9.17) is 4.74 Å². The van der Waals surface area contributed by atoms with Gasteiger partial charge in [-0.2, -0.15) is 13.2 Å². The number of hydrogen-bond acceptors (Lipinski definition) is 3. The van der Waals surface area contributed by atoms with Crippen LogP contribution in [-0.2, 0) is 22.3 Å². The van der Waals surface area contributed by atoms with Crippen LogP contribution in [0.4, 0.5) is 24.5 Å². The fraction of sp³-hybridized carbons (Fsp3) is 0.318. The molecule has 0 unspecified atom stereocenters. The first kappa shape index (κ1) is 21.7. The summed E-state index contributed by atoms with van der Waals surface area (Å²) in [6.07, 6.45) is -4.59. The average molecular weight is 496 g/mol. The van der Waals surface area contributed by atoms with Crippen molar-refractivity contribution in [2.45, 2.75) is 19.6 Å². The van der Waals surface area contributed by atoms with Gasteiger partial charge in [0.1, 0.15) is 6.54 Å². The summed E-state index contributed by atoms with van der Waals surface area (Å²) in [5.74, 6) is -0.527. The van der Waals surface area contributed by atoms with Crippen LogP contribution in [-0.4, -0.2) is 36.8 Å². The highest BCUT2D eigenvalue weighted by molar-refractivity contribution is 9.10. The lowest BCUT2D eigenvalue weighted by molar-refractivity contribution is -0.136. The Morgan fingerprint density at radius 3 is 2.58 bits per heavy atom. The van der Waals surface area contributed by atoms with Crippen LogP contribution in [0.25, 0.3) is 10.9 Å². The van der Waals surface area contributed by atoms with Crippen molar-refractivity contribution in [3.63, 3.8) is 0 Å². The molecule has 2 heterocycles. The van der Waals surface area contributed by atoms with Gasteiger partial charge in [-0.05, 0) is 47.1 Å². The molecule has 1 aliphatic heterocycles. The number of alkyl halides is 3. The van der Waals surface area contributed by atoms with E-state index in [0.717, 1.165) is 27.1 Å². The van der Waals surface area contributed by atoms with Crippen molar-refractivity contribution in [2.24, 2.45) is 0 Å². The van der Waals surface area contributed by atoms with Crippen LogP contribution in [0, 0.1) is 6.92 Å². The van der Waals surface area contributed by atoms with Gasteiger partial charge < -0.3 is 19.5 Å². The van der Waals surface area contributed by atoms with E-state index < -0.39 is 17.6 Å². The zero-order chi connectivity index (χ0) is 22.2. The van der Waals surface area contributed by atoms with E-state index in [1.54, 1.807) is 10.6 Å². The summed E-state index contributed by atoms with van der Waals surface area (Å²) in [5.41, 5.74) is 1.02. The summed E-state index contributed by atoms with van der Waals surface area (Å²) in [4.78, 5) is 14.6. The zero-order valence-electron chi connectivity index (χ0n) is 16.8. The van der Waals surface area contributed by atoms with Crippen molar-refractivity contribution in [1.29, 1.82) is 0 Å². The van der Waals surface area contributed by atoms with Gasteiger partial charge in [0.25, 0.3) is 0 Å². The lowest BCUT2D eigenvalue weighted by Gasteiger charge is -2.29. The van der Waals surface area contributed by atoms with Crippen LogP contribution in [0.3, 0.4) is 0 Å². The molecule has 1 saturated heterocycles. The first-order valence-corrected chi connectivity index (χ1v) is 10.6. The minimum atomic E-state index is -4.59. The van der Waals surface area contributed by atoms with Crippen molar-refractivity contribution in [3.8, 4) is 0 Å². The molecule has 4 rings (SSSR count). The molecule has 3 aromatic rings. The third-order valence-electron chi connectivity index (χ3n) is 5.41. The van der Waals surface area contributed by atoms with Crippen molar-refractivity contribution >= 4 is 44.1 Å². The molecule has 0 spiro atoms. The van der Waals surface area contributed by atoms with E-state index in [1.807, 2.05) is 36.1 Å². The maximum atomic E-state index is 13.7. The van der Waals surface area contributed by atoms with E-state index in [9.17, 15) is 18.0 Å². The van der Waals surface area contributed by atoms with Gasteiger partial charge in [0.2, 0.25) is 5.91 Å². The number of morpholine rings is 1. The molecule has 5 nitrogen and oxygen atoms in total. The summed E-state index contributed by atoms with van der Waals surface area (Å²) in [5, 5.41) is 3.40. The van der Waals surface area contributed by atoms with Gasteiger partial charge >= 0.3 is 6.18 Å². The molecule has 9 heteroatoms. The number of benzene rings is 2. The molecule has 1 fully saturated rings. The van der Waals surface area contributed by atoms with E-state index >= 15 is 0 Å². The predicted octanol–water partition coefficient (Wildman–Crippen LogP) is 5.21. The fourth-order valence-electron chi connectivity index (χ4n) is 3.82. The highest BCUT2D eigenvalue weighted by Gasteiger charge is 2.35. The van der Waals surface area contributed by atoms with Crippen LogP contribution in [0.2, 0.25) is 0 Å². The number of aromatic nitrogens is 1. The van der Waals surface area contributed by atoms with Gasteiger partial charge in [-0.15, -0.1) is 0 Å². The molecule has 164 valence electrons. The van der Waals surface area contributed by atoms with Crippen LogP contribution < -0.4 is 10.2 Å². The molecule has 0 saturated carbocycles. The van der Waals surface area contributed by atoms with Gasteiger partial charge in [0.05, 0.1) is 24.5 Å². The molecule has 2 aromatic carbocycles. The van der Waals surface area contributed by atoms with E-state index in [0.29, 0.717) is 32.0 Å². The molecule has 0 radical (unpaired) electrons. The maximum absolute atomic E-state index is 13.7. The lowest BCUT2D eigenvalue weighted by atomic mass is 10.1. The Balaban J connectivity index is 1.60. The number of carbonyl (C=O) groups is 1. The van der Waals surface area contributed by atoms with E-state index in [1.165, 1.54) is 6.07 Å². The summed E-state index contributed by atoms with van der Waals surface area (Å²) < 4.78 is 49.1. The molecule has 0 atom stereocenters. The van der Waals surface area contributed by atoms with Gasteiger partial charge in [-0.1, -0.05) is 18.2 Å². The second kappa shape index (κ2) is 8.55. The Morgan fingerprint density at radius 1 is 1.16 bits per heavy atom. The summed E-state index contributed by atoms with van der Waals surface area (Å²) in [6.45, 7) is 3.75. The Hall–Kier alpha value is -2.52. The van der Waals surface area contributed by atoms with Gasteiger partial charge in [0, 0.05) is 39.8 Å². The fourth-order valence-corrected chi connectivity index (χ4v) is 4.37. The molecule has 0 aliphatic carbocycles. The van der Waals surface area contributed by atoms with Crippen LogP contribution >= 0.6 is 15.9 Å². The molecule has 31 heavy (non-hydrogen) atoms. The number of fused-ring (bicyclic) bond motifs is 1. The first-order valence-electron chi connectivity index (χ1n) is 9.83. The molecule has 1 N–H and O–H groups in total. The lowest BCUT2D eigenvalue weighted by Crippen LogP contribution is -2.36. The Labute approximate surface area is 185 Å². The Kier molecular flexibility index (Phi) is 5.98. The number of amides is 1. The SMILES string of the molecule is Cc1c(Br)c2ccccc2n1CC(=O)Nc1ccc(N2CCOCC2)cc1C(F)(F)F. The molecule has 1 aliphatic rings. The number of rotatable bonds is 4. The quantitative estimate of drug-likeness (QED) is 0.540. The topological polar surface area (TPSA) is 46.5 Å². The second-order valence-corrected chi connectivity index (χ2v) is 8.17. The number of ether oxygens (including phenoxy) is 1. The molecular formula is C22H21BrF3N3O2. The monoisotopic (exact) mass is 495 g/mol. The normalized spacial score (nSPS) is 14.8. The smallest absolute Gasteiger partial charge is 0.378 e. The number of hydrogen-bond donors (Lipinski definition) is 1. The highest BCUT2D eigenvalue weighted by Crippen LogP contribution is 2.38. The number of nitrogens with one attached hydrogen (secondary N) is 1. The second-order valence-electron chi connectivity index (χ2n) is 7.38. The van der Waals surface area contributed by atoms with Crippen molar-refractivity contribution in [1.82, 2.24) is 4.57 Å². The maximum Gasteiger partial charge on any atom is 0.418 e. The largest absolute Gasteiger partial charge is 0.418 e. The summed E-state index contributed by atoms with van der Waals surface area (Å²) in [7, 11) is 0.